The first-order valence-electron chi connectivity index (χ1n) is 3.72. The van der Waals surface area contributed by atoms with Crippen molar-refractivity contribution in [3.63, 3.8) is 0 Å². The van der Waals surface area contributed by atoms with Gasteiger partial charge in [-0.1, -0.05) is 6.92 Å². The van der Waals surface area contributed by atoms with E-state index in [1.807, 2.05) is 0 Å². The van der Waals surface area contributed by atoms with Crippen LogP contribution >= 0.6 is 11.8 Å². The fraction of sp³-hybridized carbons (Fsp3) is 1.00. The first kappa shape index (κ1) is 7.42. The summed E-state index contributed by atoms with van der Waals surface area (Å²) in [5.41, 5.74) is 0. The molecule has 1 nitrogen and oxygen atoms in total. The molecule has 0 radical (unpaired) electrons. The minimum Gasteiger partial charge on any atom is -0.316 e. The molecule has 1 fully saturated rings. The van der Waals surface area contributed by atoms with Crippen LogP contribution in [-0.4, -0.2) is 24.6 Å². The van der Waals surface area contributed by atoms with E-state index in [1.165, 1.54) is 31.0 Å². The maximum absolute atomic E-state index is 3.27. The third kappa shape index (κ3) is 2.59. The smallest absolute Gasteiger partial charge is 0.0000326 e. The average Bonchev–Trinajstić information content (AvgIpc) is 1.76. The van der Waals surface area contributed by atoms with E-state index in [1.54, 1.807) is 0 Å². The molecule has 0 atom stereocenters. The van der Waals surface area contributed by atoms with Crippen molar-refractivity contribution in [2.45, 2.75) is 13.3 Å². The van der Waals surface area contributed by atoms with E-state index in [2.05, 4.69) is 24.0 Å². The van der Waals surface area contributed by atoms with Gasteiger partial charge in [-0.3, -0.25) is 0 Å². The van der Waals surface area contributed by atoms with E-state index in [9.17, 15) is 0 Å². The van der Waals surface area contributed by atoms with E-state index in [4.69, 9.17) is 0 Å². The first-order valence-corrected chi connectivity index (χ1v) is 4.87. The molecule has 1 aliphatic rings. The summed E-state index contributed by atoms with van der Waals surface area (Å²) in [6, 6.07) is 0. The number of rotatable bonds is 4. The molecule has 0 bridgehead atoms. The Bertz CT molecular complexity index is 71.3. The Hall–Kier alpha value is 0.310. The number of thioether (sulfide) groups is 1. The van der Waals surface area contributed by atoms with Gasteiger partial charge in [-0.25, -0.2) is 0 Å². The van der Waals surface area contributed by atoms with Gasteiger partial charge >= 0.3 is 0 Å². The maximum Gasteiger partial charge on any atom is -0.0000326 e. The van der Waals surface area contributed by atoms with E-state index >= 15 is 0 Å². The lowest BCUT2D eigenvalue weighted by atomic mass is 10.1. The van der Waals surface area contributed by atoms with Crippen molar-refractivity contribution in [3.8, 4) is 0 Å². The van der Waals surface area contributed by atoms with Gasteiger partial charge in [0.25, 0.3) is 0 Å². The van der Waals surface area contributed by atoms with Gasteiger partial charge in [0.15, 0.2) is 0 Å². The average molecular weight is 145 g/mol. The monoisotopic (exact) mass is 145 g/mol. The van der Waals surface area contributed by atoms with Gasteiger partial charge in [-0.15, -0.1) is 0 Å². The molecule has 9 heavy (non-hydrogen) atoms. The van der Waals surface area contributed by atoms with Crippen LogP contribution in [0.4, 0.5) is 0 Å². The fourth-order valence-electron chi connectivity index (χ4n) is 0.861. The van der Waals surface area contributed by atoms with Gasteiger partial charge in [-0.05, 0) is 36.9 Å². The summed E-state index contributed by atoms with van der Waals surface area (Å²) < 4.78 is 0. The van der Waals surface area contributed by atoms with Crippen LogP contribution in [0.3, 0.4) is 0 Å². The Labute approximate surface area is 61.6 Å². The van der Waals surface area contributed by atoms with Crippen molar-refractivity contribution in [1.82, 2.24) is 5.32 Å². The molecule has 1 N–H and O–H groups in total. The molecule has 0 amide bonds. The van der Waals surface area contributed by atoms with Crippen LogP contribution in [-0.2, 0) is 0 Å². The van der Waals surface area contributed by atoms with Crippen LogP contribution in [0.2, 0.25) is 0 Å². The highest BCUT2D eigenvalue weighted by atomic mass is 32.2. The van der Waals surface area contributed by atoms with Gasteiger partial charge in [0.05, 0.1) is 0 Å². The van der Waals surface area contributed by atoms with Gasteiger partial charge in [0.2, 0.25) is 0 Å². The van der Waals surface area contributed by atoms with Crippen molar-refractivity contribution >= 4 is 11.8 Å². The van der Waals surface area contributed by atoms with Gasteiger partial charge in [0, 0.05) is 0 Å². The quantitative estimate of drug-likeness (QED) is 0.599. The van der Waals surface area contributed by atoms with E-state index in [0.717, 1.165) is 5.92 Å². The lowest BCUT2D eigenvalue weighted by molar-refractivity contribution is 0.385. The molecule has 54 valence electrons. The van der Waals surface area contributed by atoms with Crippen LogP contribution < -0.4 is 5.32 Å². The highest BCUT2D eigenvalue weighted by molar-refractivity contribution is 7.99. The highest BCUT2D eigenvalue weighted by Crippen LogP contribution is 2.12. The number of hydrogen-bond donors (Lipinski definition) is 1. The van der Waals surface area contributed by atoms with Crippen molar-refractivity contribution in [1.29, 1.82) is 0 Å². The van der Waals surface area contributed by atoms with Crippen molar-refractivity contribution < 1.29 is 0 Å². The summed E-state index contributed by atoms with van der Waals surface area (Å²) in [5, 5.41) is 3.27. The fourth-order valence-corrected chi connectivity index (χ4v) is 1.89. The lowest BCUT2D eigenvalue weighted by Gasteiger charge is -2.26. The van der Waals surface area contributed by atoms with E-state index < -0.39 is 0 Å². The molecule has 0 aliphatic carbocycles. The zero-order valence-electron chi connectivity index (χ0n) is 6.02. The van der Waals surface area contributed by atoms with Crippen molar-refractivity contribution in [2.75, 3.05) is 24.6 Å². The Balaban J connectivity index is 1.80. The molecule has 2 heteroatoms. The summed E-state index contributed by atoms with van der Waals surface area (Å²) in [7, 11) is 0. The van der Waals surface area contributed by atoms with Crippen LogP contribution in [0.5, 0.6) is 0 Å². The Kier molecular flexibility index (Phi) is 3.44. The molecule has 0 aromatic carbocycles. The lowest BCUT2D eigenvalue weighted by Crippen LogP contribution is -2.43. The Morgan fingerprint density at radius 3 is 2.78 bits per heavy atom. The predicted molar refractivity (Wildman–Crippen MR) is 44.0 cm³/mol. The van der Waals surface area contributed by atoms with Crippen LogP contribution in [0.15, 0.2) is 0 Å². The maximum atomic E-state index is 3.27. The third-order valence-corrected chi connectivity index (χ3v) is 2.97. The second-order valence-electron chi connectivity index (χ2n) is 2.60. The molecule has 1 aliphatic heterocycles. The molecule has 0 unspecified atom stereocenters. The molecular weight excluding hydrogens is 130 g/mol. The normalized spacial score (nSPS) is 19.7. The Morgan fingerprint density at radius 2 is 2.33 bits per heavy atom. The molecule has 0 aromatic rings. The summed E-state index contributed by atoms with van der Waals surface area (Å²) in [6.07, 6.45) is 1.32. The second kappa shape index (κ2) is 4.18. The molecule has 0 aromatic heterocycles. The number of hydrogen-bond acceptors (Lipinski definition) is 2. The van der Waals surface area contributed by atoms with Gasteiger partial charge < -0.3 is 5.32 Å². The van der Waals surface area contributed by atoms with Crippen molar-refractivity contribution in [3.05, 3.63) is 0 Å². The zero-order chi connectivity index (χ0) is 6.53. The van der Waals surface area contributed by atoms with Crippen molar-refractivity contribution in [2.24, 2.45) is 5.92 Å². The summed E-state index contributed by atoms with van der Waals surface area (Å²) >= 11 is 2.10. The molecule has 0 saturated carbocycles. The standard InChI is InChI=1S/C7H15NS/c1-2-3-9-6-7-4-8-5-7/h7-8H,2-6H2,1H3. The molecule has 1 saturated heterocycles. The van der Waals surface area contributed by atoms with Crippen LogP contribution in [0, 0.1) is 5.92 Å². The molecular formula is C7H15NS. The third-order valence-electron chi connectivity index (χ3n) is 1.57. The first-order chi connectivity index (χ1) is 4.43. The molecule has 1 heterocycles. The van der Waals surface area contributed by atoms with Crippen LogP contribution in [0.25, 0.3) is 0 Å². The van der Waals surface area contributed by atoms with Gasteiger partial charge in [0.1, 0.15) is 0 Å². The molecule has 0 spiro atoms. The summed E-state index contributed by atoms with van der Waals surface area (Å²) in [6.45, 7) is 4.76. The second-order valence-corrected chi connectivity index (χ2v) is 3.75. The minimum atomic E-state index is 0.988. The van der Waals surface area contributed by atoms with Crippen LogP contribution in [0.1, 0.15) is 13.3 Å². The number of nitrogens with one attached hydrogen (secondary N) is 1. The highest BCUT2D eigenvalue weighted by Gasteiger charge is 2.15. The Morgan fingerprint density at radius 1 is 1.56 bits per heavy atom. The zero-order valence-corrected chi connectivity index (χ0v) is 6.84. The minimum absolute atomic E-state index is 0.988. The SMILES string of the molecule is CCCSCC1CNC1. The summed E-state index contributed by atoms with van der Waals surface area (Å²) in [4.78, 5) is 0. The van der Waals surface area contributed by atoms with E-state index in [-0.39, 0.29) is 0 Å². The molecule has 1 rings (SSSR count). The topological polar surface area (TPSA) is 12.0 Å². The predicted octanol–water partition coefficient (Wildman–Crippen LogP) is 1.35. The summed E-state index contributed by atoms with van der Waals surface area (Å²) in [5.74, 6) is 3.71. The largest absolute Gasteiger partial charge is 0.316 e. The van der Waals surface area contributed by atoms with E-state index in [0.29, 0.717) is 0 Å². The van der Waals surface area contributed by atoms with Gasteiger partial charge in [-0.2, -0.15) is 11.8 Å².